The number of hydrogen-bond acceptors (Lipinski definition) is 4. The molecule has 0 spiro atoms. The van der Waals surface area contributed by atoms with E-state index in [1.807, 2.05) is 6.92 Å². The molecule has 2 rings (SSSR count). The number of carboxylic acids is 1. The van der Waals surface area contributed by atoms with Gasteiger partial charge in [-0.1, -0.05) is 6.92 Å². The zero-order chi connectivity index (χ0) is 12.6. The number of carbonyl (C=O) groups is 1. The molecule has 2 atom stereocenters. The maximum Gasteiger partial charge on any atom is 0.308 e. The Balaban J connectivity index is 2.29. The topological polar surface area (TPSA) is 75.4 Å². The van der Waals surface area contributed by atoms with E-state index in [1.54, 1.807) is 24.3 Å². The molecule has 1 aliphatic rings. The summed E-state index contributed by atoms with van der Waals surface area (Å²) in [6.07, 6.45) is 3.13. The minimum absolute atomic E-state index is 0.0270. The van der Waals surface area contributed by atoms with Crippen LogP contribution in [0, 0.1) is 11.8 Å². The lowest BCUT2D eigenvalue weighted by atomic mass is 9.99. The van der Waals surface area contributed by atoms with Crippen LogP contribution in [0.1, 0.15) is 6.92 Å². The number of hydrogen-bond donors (Lipinski definition) is 1. The third-order valence-electron chi connectivity index (χ3n) is 3.23. The van der Waals surface area contributed by atoms with Gasteiger partial charge in [-0.15, -0.1) is 0 Å². The number of aliphatic carboxylic acids is 1. The number of aromatic nitrogens is 2. The van der Waals surface area contributed by atoms with E-state index in [1.165, 1.54) is 4.57 Å². The van der Waals surface area contributed by atoms with Gasteiger partial charge < -0.3 is 14.6 Å². The van der Waals surface area contributed by atoms with Gasteiger partial charge in [0.05, 0.1) is 5.92 Å². The van der Waals surface area contributed by atoms with Crippen LogP contribution in [0.4, 0.5) is 5.82 Å². The molecule has 92 valence electrons. The Kier molecular flexibility index (Phi) is 2.87. The predicted octanol–water partition coefficient (Wildman–Crippen LogP) is -0.0628. The molecule has 1 fully saturated rings. The van der Waals surface area contributed by atoms with Gasteiger partial charge in [0.1, 0.15) is 0 Å². The highest BCUT2D eigenvalue weighted by atomic mass is 16.4. The summed E-state index contributed by atoms with van der Waals surface area (Å²) in [4.78, 5) is 28.7. The fourth-order valence-corrected chi connectivity index (χ4v) is 2.16. The molecule has 0 aliphatic carbocycles. The smallest absolute Gasteiger partial charge is 0.308 e. The van der Waals surface area contributed by atoms with Crippen LogP contribution in [-0.2, 0) is 11.8 Å². The highest BCUT2D eigenvalue weighted by molar-refractivity contribution is 5.72. The Morgan fingerprint density at radius 1 is 1.53 bits per heavy atom. The second-order valence-corrected chi connectivity index (χ2v) is 4.49. The average Bonchev–Trinajstić information content (AvgIpc) is 2.64. The van der Waals surface area contributed by atoms with Crippen molar-refractivity contribution >= 4 is 11.8 Å². The maximum atomic E-state index is 11.9. The zero-order valence-electron chi connectivity index (χ0n) is 9.83. The molecule has 17 heavy (non-hydrogen) atoms. The number of rotatable bonds is 2. The molecule has 2 heterocycles. The minimum atomic E-state index is -0.812. The van der Waals surface area contributed by atoms with E-state index in [2.05, 4.69) is 4.98 Å². The fourth-order valence-electron chi connectivity index (χ4n) is 2.16. The van der Waals surface area contributed by atoms with Crippen molar-refractivity contribution in [2.75, 3.05) is 18.0 Å². The number of carboxylic acid groups (broad SMARTS) is 1. The summed E-state index contributed by atoms with van der Waals surface area (Å²) in [5.41, 5.74) is -0.189. The first kappa shape index (κ1) is 11.6. The van der Waals surface area contributed by atoms with E-state index in [-0.39, 0.29) is 11.5 Å². The largest absolute Gasteiger partial charge is 0.481 e. The van der Waals surface area contributed by atoms with Crippen LogP contribution < -0.4 is 10.5 Å². The van der Waals surface area contributed by atoms with Gasteiger partial charge in [-0.05, 0) is 5.92 Å². The molecule has 0 saturated carbocycles. The summed E-state index contributed by atoms with van der Waals surface area (Å²) >= 11 is 0. The van der Waals surface area contributed by atoms with Crippen LogP contribution >= 0.6 is 0 Å². The molecule has 1 saturated heterocycles. The van der Waals surface area contributed by atoms with Crippen LogP contribution in [0.15, 0.2) is 17.2 Å². The zero-order valence-corrected chi connectivity index (χ0v) is 9.83. The van der Waals surface area contributed by atoms with E-state index < -0.39 is 11.9 Å². The van der Waals surface area contributed by atoms with Gasteiger partial charge in [0.25, 0.3) is 5.56 Å². The Morgan fingerprint density at radius 2 is 2.24 bits per heavy atom. The summed E-state index contributed by atoms with van der Waals surface area (Å²) in [6.45, 7) is 2.79. The summed E-state index contributed by atoms with van der Waals surface area (Å²) in [7, 11) is 1.65. The van der Waals surface area contributed by atoms with Crippen LogP contribution in [0.2, 0.25) is 0 Å². The third kappa shape index (κ3) is 2.02. The molecule has 1 N–H and O–H groups in total. The molecule has 0 amide bonds. The molecule has 1 aromatic heterocycles. The van der Waals surface area contributed by atoms with Crippen molar-refractivity contribution in [2.24, 2.45) is 18.9 Å². The summed E-state index contributed by atoms with van der Waals surface area (Å²) in [6, 6.07) is 0. The predicted molar refractivity (Wildman–Crippen MR) is 62.0 cm³/mol. The molecule has 0 aromatic carbocycles. The van der Waals surface area contributed by atoms with Gasteiger partial charge in [0.2, 0.25) is 0 Å². The van der Waals surface area contributed by atoms with E-state index in [0.29, 0.717) is 18.9 Å². The lowest BCUT2D eigenvalue weighted by Gasteiger charge is -2.16. The van der Waals surface area contributed by atoms with Gasteiger partial charge >= 0.3 is 5.97 Å². The van der Waals surface area contributed by atoms with Crippen molar-refractivity contribution in [3.63, 3.8) is 0 Å². The highest BCUT2D eigenvalue weighted by Gasteiger charge is 2.36. The molecule has 0 radical (unpaired) electrons. The van der Waals surface area contributed by atoms with Gasteiger partial charge in [0, 0.05) is 32.5 Å². The Labute approximate surface area is 98.5 Å². The van der Waals surface area contributed by atoms with Crippen molar-refractivity contribution in [3.8, 4) is 0 Å². The number of nitrogens with zero attached hydrogens (tertiary/aromatic N) is 3. The molecular weight excluding hydrogens is 222 g/mol. The molecule has 6 nitrogen and oxygen atoms in total. The summed E-state index contributed by atoms with van der Waals surface area (Å²) in [5, 5.41) is 9.04. The van der Waals surface area contributed by atoms with E-state index >= 15 is 0 Å². The minimum Gasteiger partial charge on any atom is -0.481 e. The van der Waals surface area contributed by atoms with Crippen LogP contribution in [0.3, 0.4) is 0 Å². The second kappa shape index (κ2) is 4.20. The van der Waals surface area contributed by atoms with Gasteiger partial charge in [-0.25, -0.2) is 4.98 Å². The van der Waals surface area contributed by atoms with Gasteiger partial charge in [-0.2, -0.15) is 0 Å². The standard InChI is InChI=1S/C11H15N3O3/c1-7-5-14(6-8(7)11(16)17)9-10(15)13(2)4-3-12-9/h3-4,7-8H,5-6H2,1-2H3,(H,16,17). The van der Waals surface area contributed by atoms with Crippen LogP contribution in [0.25, 0.3) is 0 Å². The molecule has 6 heteroatoms. The van der Waals surface area contributed by atoms with E-state index in [4.69, 9.17) is 5.11 Å². The first-order valence-corrected chi connectivity index (χ1v) is 5.50. The maximum absolute atomic E-state index is 11.9. The molecular formula is C11H15N3O3. The lowest BCUT2D eigenvalue weighted by Crippen LogP contribution is -2.31. The van der Waals surface area contributed by atoms with Crippen molar-refractivity contribution < 1.29 is 9.90 Å². The molecule has 2 unspecified atom stereocenters. The van der Waals surface area contributed by atoms with Crippen molar-refractivity contribution in [3.05, 3.63) is 22.7 Å². The molecule has 1 aromatic rings. The number of aryl methyl sites for hydroxylation is 1. The molecule has 1 aliphatic heterocycles. The van der Waals surface area contributed by atoms with Gasteiger partial charge in [0.15, 0.2) is 5.82 Å². The Hall–Kier alpha value is -1.85. The molecule has 0 bridgehead atoms. The van der Waals surface area contributed by atoms with Crippen molar-refractivity contribution in [1.82, 2.24) is 9.55 Å². The first-order chi connectivity index (χ1) is 8.00. The lowest BCUT2D eigenvalue weighted by molar-refractivity contribution is -0.142. The number of anilines is 1. The Morgan fingerprint density at radius 3 is 2.82 bits per heavy atom. The second-order valence-electron chi connectivity index (χ2n) is 4.49. The Bertz CT molecular complexity index is 497. The summed E-state index contributed by atoms with van der Waals surface area (Å²) in [5.74, 6) is -0.876. The quantitative estimate of drug-likeness (QED) is 0.779. The fraction of sp³-hybridized carbons (Fsp3) is 0.545. The average molecular weight is 237 g/mol. The third-order valence-corrected chi connectivity index (χ3v) is 3.23. The van der Waals surface area contributed by atoms with Gasteiger partial charge in [-0.3, -0.25) is 9.59 Å². The SMILES string of the molecule is CC1CN(c2nccn(C)c2=O)CC1C(=O)O. The van der Waals surface area contributed by atoms with E-state index in [9.17, 15) is 9.59 Å². The van der Waals surface area contributed by atoms with Crippen LogP contribution in [0.5, 0.6) is 0 Å². The first-order valence-electron chi connectivity index (χ1n) is 5.50. The monoisotopic (exact) mass is 237 g/mol. The van der Waals surface area contributed by atoms with Crippen LogP contribution in [-0.4, -0.2) is 33.7 Å². The van der Waals surface area contributed by atoms with Crippen molar-refractivity contribution in [2.45, 2.75) is 6.92 Å². The van der Waals surface area contributed by atoms with Crippen molar-refractivity contribution in [1.29, 1.82) is 0 Å². The normalized spacial score (nSPS) is 24.0. The summed E-state index contributed by atoms with van der Waals surface area (Å²) < 4.78 is 1.45. The highest BCUT2D eigenvalue weighted by Crippen LogP contribution is 2.25. The van der Waals surface area contributed by atoms with E-state index in [0.717, 1.165) is 0 Å².